The van der Waals surface area contributed by atoms with E-state index in [1.54, 1.807) is 7.05 Å². The number of guanidine groups is 1. The maximum Gasteiger partial charge on any atom is 0.191 e. The third-order valence-electron chi connectivity index (χ3n) is 2.80. The van der Waals surface area contributed by atoms with Crippen molar-refractivity contribution in [2.24, 2.45) is 4.99 Å². The quantitative estimate of drug-likeness (QED) is 0.266. The number of benzene rings is 1. The van der Waals surface area contributed by atoms with E-state index < -0.39 is 15.7 Å². The first-order valence-electron chi connectivity index (χ1n) is 7.00. The summed E-state index contributed by atoms with van der Waals surface area (Å²) in [5.74, 6) is -0.481. The highest BCUT2D eigenvalue weighted by atomic mass is 127. The van der Waals surface area contributed by atoms with E-state index in [2.05, 4.69) is 15.6 Å². The molecule has 0 aliphatic rings. The normalized spacial score (nSPS) is 11.7. The third-order valence-corrected chi connectivity index (χ3v) is 4.54. The van der Waals surface area contributed by atoms with E-state index in [0.29, 0.717) is 25.7 Å². The SMILES string of the molecule is CCOCCNC(=NC)NCCS(=O)(=O)c1ccccc1F.I. The van der Waals surface area contributed by atoms with Crippen molar-refractivity contribution in [1.29, 1.82) is 0 Å². The average Bonchev–Trinajstić information content (AvgIpc) is 2.50. The number of hydrogen-bond donors (Lipinski definition) is 2. The maximum absolute atomic E-state index is 13.5. The van der Waals surface area contributed by atoms with Crippen molar-refractivity contribution in [3.63, 3.8) is 0 Å². The number of sulfone groups is 1. The van der Waals surface area contributed by atoms with Gasteiger partial charge in [-0.15, -0.1) is 24.0 Å². The minimum Gasteiger partial charge on any atom is -0.380 e. The summed E-state index contributed by atoms with van der Waals surface area (Å²) in [6, 6.07) is 5.35. The van der Waals surface area contributed by atoms with E-state index in [9.17, 15) is 12.8 Å². The Hall–Kier alpha value is -0.940. The fourth-order valence-electron chi connectivity index (χ4n) is 1.72. The molecule has 0 unspecified atom stereocenters. The third kappa shape index (κ3) is 7.93. The second-order valence-electron chi connectivity index (χ2n) is 4.37. The number of rotatable bonds is 8. The molecule has 1 aromatic carbocycles. The van der Waals surface area contributed by atoms with Crippen LogP contribution in [0, 0.1) is 5.82 Å². The van der Waals surface area contributed by atoms with Crippen LogP contribution in [0.15, 0.2) is 34.2 Å². The molecule has 0 bridgehead atoms. The zero-order chi connectivity index (χ0) is 16.4. The summed E-state index contributed by atoms with van der Waals surface area (Å²) in [5, 5.41) is 5.86. The molecule has 0 amide bonds. The Kier molecular flexibility index (Phi) is 11.1. The van der Waals surface area contributed by atoms with Crippen LogP contribution in [0.2, 0.25) is 0 Å². The zero-order valence-corrected chi connectivity index (χ0v) is 16.4. The van der Waals surface area contributed by atoms with Crippen LogP contribution >= 0.6 is 24.0 Å². The van der Waals surface area contributed by atoms with Crippen molar-refractivity contribution in [2.75, 3.05) is 39.1 Å². The molecule has 0 atom stereocenters. The largest absolute Gasteiger partial charge is 0.380 e. The van der Waals surface area contributed by atoms with Crippen LogP contribution in [0.4, 0.5) is 4.39 Å². The molecule has 0 spiro atoms. The molecule has 0 radical (unpaired) electrons. The molecule has 132 valence electrons. The van der Waals surface area contributed by atoms with Crippen LogP contribution in [0.3, 0.4) is 0 Å². The van der Waals surface area contributed by atoms with Crippen molar-refractivity contribution in [2.45, 2.75) is 11.8 Å². The van der Waals surface area contributed by atoms with Gasteiger partial charge in [-0.2, -0.15) is 0 Å². The second-order valence-corrected chi connectivity index (χ2v) is 6.45. The molecular weight excluding hydrogens is 436 g/mol. The molecule has 0 saturated heterocycles. The van der Waals surface area contributed by atoms with Crippen LogP contribution in [0.5, 0.6) is 0 Å². The first kappa shape index (κ1) is 22.1. The predicted octanol–water partition coefficient (Wildman–Crippen LogP) is 1.42. The van der Waals surface area contributed by atoms with Gasteiger partial charge in [-0.1, -0.05) is 12.1 Å². The smallest absolute Gasteiger partial charge is 0.191 e. The van der Waals surface area contributed by atoms with E-state index in [1.165, 1.54) is 18.2 Å². The van der Waals surface area contributed by atoms with Crippen LogP contribution in [0.25, 0.3) is 0 Å². The molecule has 1 rings (SSSR count). The lowest BCUT2D eigenvalue weighted by Crippen LogP contribution is -2.41. The first-order chi connectivity index (χ1) is 10.5. The Morgan fingerprint density at radius 2 is 1.91 bits per heavy atom. The van der Waals surface area contributed by atoms with Gasteiger partial charge in [-0.05, 0) is 19.1 Å². The molecule has 0 saturated carbocycles. The van der Waals surface area contributed by atoms with Crippen molar-refractivity contribution in [3.05, 3.63) is 30.1 Å². The molecule has 0 aliphatic heterocycles. The maximum atomic E-state index is 13.5. The number of aliphatic imine (C=N–C) groups is 1. The Morgan fingerprint density at radius 1 is 1.26 bits per heavy atom. The lowest BCUT2D eigenvalue weighted by Gasteiger charge is -2.12. The minimum atomic E-state index is -3.67. The fraction of sp³-hybridized carbons (Fsp3) is 0.500. The van der Waals surface area contributed by atoms with Gasteiger partial charge < -0.3 is 15.4 Å². The highest BCUT2D eigenvalue weighted by Gasteiger charge is 2.18. The Balaban J connectivity index is 0.00000484. The first-order valence-corrected chi connectivity index (χ1v) is 8.66. The number of nitrogens with one attached hydrogen (secondary N) is 2. The van der Waals surface area contributed by atoms with Gasteiger partial charge in [0.1, 0.15) is 10.7 Å². The van der Waals surface area contributed by atoms with Crippen LogP contribution in [-0.2, 0) is 14.6 Å². The van der Waals surface area contributed by atoms with Gasteiger partial charge >= 0.3 is 0 Å². The van der Waals surface area contributed by atoms with Crippen molar-refractivity contribution < 1.29 is 17.5 Å². The van der Waals surface area contributed by atoms with Crippen LogP contribution in [0.1, 0.15) is 6.92 Å². The summed E-state index contributed by atoms with van der Waals surface area (Å²) >= 11 is 0. The molecule has 23 heavy (non-hydrogen) atoms. The van der Waals surface area contributed by atoms with Crippen LogP contribution < -0.4 is 10.6 Å². The van der Waals surface area contributed by atoms with E-state index in [0.717, 1.165) is 6.07 Å². The summed E-state index contributed by atoms with van der Waals surface area (Å²) in [6.07, 6.45) is 0. The van der Waals surface area contributed by atoms with Gasteiger partial charge in [0.05, 0.1) is 12.4 Å². The van der Waals surface area contributed by atoms with E-state index in [-0.39, 0.29) is 41.2 Å². The van der Waals surface area contributed by atoms with Crippen molar-refractivity contribution >= 4 is 39.8 Å². The summed E-state index contributed by atoms with van der Waals surface area (Å²) in [4.78, 5) is 3.68. The number of nitrogens with zero attached hydrogens (tertiary/aromatic N) is 1. The van der Waals surface area contributed by atoms with Gasteiger partial charge in [0.25, 0.3) is 0 Å². The van der Waals surface area contributed by atoms with Gasteiger partial charge in [0.2, 0.25) is 0 Å². The summed E-state index contributed by atoms with van der Waals surface area (Å²) in [7, 11) is -2.08. The lowest BCUT2D eigenvalue weighted by atomic mass is 10.3. The zero-order valence-electron chi connectivity index (χ0n) is 13.2. The van der Waals surface area contributed by atoms with Gasteiger partial charge in [0, 0.05) is 26.7 Å². The Labute approximate surface area is 153 Å². The van der Waals surface area contributed by atoms with Gasteiger partial charge in [-0.25, -0.2) is 12.8 Å². The van der Waals surface area contributed by atoms with Gasteiger partial charge in [0.15, 0.2) is 15.8 Å². The van der Waals surface area contributed by atoms with E-state index >= 15 is 0 Å². The van der Waals surface area contributed by atoms with Crippen molar-refractivity contribution in [1.82, 2.24) is 10.6 Å². The number of ether oxygens (including phenoxy) is 1. The Morgan fingerprint density at radius 3 is 2.52 bits per heavy atom. The molecule has 9 heteroatoms. The highest BCUT2D eigenvalue weighted by Crippen LogP contribution is 2.14. The highest BCUT2D eigenvalue weighted by molar-refractivity contribution is 14.0. The summed E-state index contributed by atoms with van der Waals surface area (Å²) < 4.78 is 42.8. The average molecular weight is 459 g/mol. The molecule has 1 aromatic rings. The molecule has 0 aliphatic carbocycles. The fourth-order valence-corrected chi connectivity index (χ4v) is 2.96. The Bertz CT molecular complexity index is 597. The van der Waals surface area contributed by atoms with Crippen molar-refractivity contribution in [3.8, 4) is 0 Å². The second kappa shape index (κ2) is 11.6. The minimum absolute atomic E-state index is 0. The molecule has 0 fully saturated rings. The van der Waals surface area contributed by atoms with E-state index in [4.69, 9.17) is 4.74 Å². The molecule has 0 heterocycles. The molecule has 2 N–H and O–H groups in total. The predicted molar refractivity (Wildman–Crippen MR) is 99.7 cm³/mol. The summed E-state index contributed by atoms with van der Waals surface area (Å²) in [6.45, 7) is 3.76. The lowest BCUT2D eigenvalue weighted by molar-refractivity contribution is 0.152. The molecular formula is C14H23FIN3O3S. The monoisotopic (exact) mass is 459 g/mol. The van der Waals surface area contributed by atoms with Gasteiger partial charge in [-0.3, -0.25) is 4.99 Å². The standard InChI is InChI=1S/C14H22FN3O3S.HI/c1-3-21-10-8-17-14(16-2)18-9-11-22(19,20)13-7-5-4-6-12(13)15;/h4-7H,3,8-11H2,1-2H3,(H2,16,17,18);1H. The number of halogens is 2. The molecule has 6 nitrogen and oxygen atoms in total. The molecule has 0 aromatic heterocycles. The van der Waals surface area contributed by atoms with E-state index in [1.807, 2.05) is 6.92 Å². The number of hydrogen-bond acceptors (Lipinski definition) is 4. The summed E-state index contributed by atoms with van der Waals surface area (Å²) in [5.41, 5.74) is 0. The van der Waals surface area contributed by atoms with Crippen LogP contribution in [-0.4, -0.2) is 53.5 Å². The topological polar surface area (TPSA) is 79.8 Å².